The molecule has 0 aliphatic heterocycles. The summed E-state index contributed by atoms with van der Waals surface area (Å²) < 4.78 is 7.17. The standard InChI is InChI=1S/C22H31N3O5S/c1-22(2,3)30-21(29)24-16(10-11-31-5)19(26)23-17(20(27)28)12-14-13-25(4)18-9-7-6-8-15(14)18/h6-9,13,16-17H,10-12H2,1-5H3,(H,23,26)(H,24,29)(H,27,28). The Balaban J connectivity index is 2.15. The summed E-state index contributed by atoms with van der Waals surface area (Å²) in [6, 6.07) is 5.67. The van der Waals surface area contributed by atoms with Crippen molar-refractivity contribution in [3.63, 3.8) is 0 Å². The van der Waals surface area contributed by atoms with E-state index in [2.05, 4.69) is 10.6 Å². The molecule has 0 spiro atoms. The summed E-state index contributed by atoms with van der Waals surface area (Å²) in [7, 11) is 1.89. The number of hydrogen-bond acceptors (Lipinski definition) is 5. The summed E-state index contributed by atoms with van der Waals surface area (Å²) in [5.41, 5.74) is 1.10. The monoisotopic (exact) mass is 449 g/mol. The number of para-hydroxylation sites is 1. The molecule has 1 aromatic carbocycles. The van der Waals surface area contributed by atoms with Gasteiger partial charge in [-0.15, -0.1) is 0 Å². The summed E-state index contributed by atoms with van der Waals surface area (Å²) in [5, 5.41) is 15.8. The van der Waals surface area contributed by atoms with Crippen LogP contribution in [-0.2, 0) is 27.8 Å². The number of fused-ring (bicyclic) bond motifs is 1. The van der Waals surface area contributed by atoms with Gasteiger partial charge in [0, 0.05) is 30.6 Å². The third-order valence-electron chi connectivity index (χ3n) is 4.64. The summed E-state index contributed by atoms with van der Waals surface area (Å²) in [4.78, 5) is 36.9. The molecule has 2 aromatic rings. The highest BCUT2D eigenvalue weighted by Gasteiger charge is 2.28. The number of nitrogens with one attached hydrogen (secondary N) is 2. The fraction of sp³-hybridized carbons (Fsp3) is 0.500. The summed E-state index contributed by atoms with van der Waals surface area (Å²) in [6.45, 7) is 5.19. The van der Waals surface area contributed by atoms with Gasteiger partial charge in [-0.05, 0) is 50.8 Å². The largest absolute Gasteiger partial charge is 0.480 e. The number of aliphatic carboxylic acids is 1. The van der Waals surface area contributed by atoms with Crippen LogP contribution >= 0.6 is 11.8 Å². The van der Waals surface area contributed by atoms with Crippen LogP contribution in [0.15, 0.2) is 30.5 Å². The van der Waals surface area contributed by atoms with Crippen molar-refractivity contribution in [1.82, 2.24) is 15.2 Å². The minimum Gasteiger partial charge on any atom is -0.480 e. The Hall–Kier alpha value is -2.68. The van der Waals surface area contributed by atoms with Crippen molar-refractivity contribution in [3.05, 3.63) is 36.0 Å². The Morgan fingerprint density at radius 2 is 1.84 bits per heavy atom. The molecule has 0 fully saturated rings. The second-order valence-corrected chi connectivity index (χ2v) is 9.35. The number of carboxylic acid groups (broad SMARTS) is 1. The topological polar surface area (TPSA) is 110 Å². The van der Waals surface area contributed by atoms with Crippen LogP contribution in [0.4, 0.5) is 4.79 Å². The van der Waals surface area contributed by atoms with Crippen molar-refractivity contribution in [2.45, 2.75) is 51.3 Å². The van der Waals surface area contributed by atoms with Gasteiger partial charge in [0.15, 0.2) is 0 Å². The number of nitrogens with zero attached hydrogens (tertiary/aromatic N) is 1. The number of carbonyl (C=O) groups excluding carboxylic acids is 2. The van der Waals surface area contributed by atoms with Gasteiger partial charge in [0.05, 0.1) is 0 Å². The molecule has 2 unspecified atom stereocenters. The Kier molecular flexibility index (Phi) is 8.38. The molecule has 1 aromatic heterocycles. The maximum absolute atomic E-state index is 12.9. The van der Waals surface area contributed by atoms with E-state index in [1.165, 1.54) is 11.8 Å². The van der Waals surface area contributed by atoms with Gasteiger partial charge < -0.3 is 25.0 Å². The fourth-order valence-electron chi connectivity index (χ4n) is 3.23. The van der Waals surface area contributed by atoms with Gasteiger partial charge in [-0.2, -0.15) is 11.8 Å². The SMILES string of the molecule is CSCCC(NC(=O)OC(C)(C)C)C(=O)NC(Cc1cn(C)c2ccccc12)C(=O)O. The van der Waals surface area contributed by atoms with Gasteiger partial charge in [-0.25, -0.2) is 9.59 Å². The first-order valence-electron chi connectivity index (χ1n) is 10.1. The predicted octanol–water partition coefficient (Wildman–Crippen LogP) is 2.94. The molecule has 0 saturated heterocycles. The number of benzene rings is 1. The number of carboxylic acids is 1. The first-order valence-corrected chi connectivity index (χ1v) is 11.5. The van der Waals surface area contributed by atoms with Crippen LogP contribution in [0.2, 0.25) is 0 Å². The van der Waals surface area contributed by atoms with E-state index < -0.39 is 35.7 Å². The molecular weight excluding hydrogens is 418 g/mol. The fourth-order valence-corrected chi connectivity index (χ4v) is 3.71. The van der Waals surface area contributed by atoms with Crippen molar-refractivity contribution < 1.29 is 24.2 Å². The number of amides is 2. The molecule has 2 atom stereocenters. The minimum absolute atomic E-state index is 0.129. The number of ether oxygens (including phenoxy) is 1. The zero-order valence-corrected chi connectivity index (χ0v) is 19.4. The number of alkyl carbamates (subject to hydrolysis) is 1. The normalized spacial score (nSPS) is 13.5. The van der Waals surface area contributed by atoms with Crippen molar-refractivity contribution in [2.24, 2.45) is 7.05 Å². The lowest BCUT2D eigenvalue weighted by molar-refractivity contribution is -0.142. The number of rotatable bonds is 9. The highest BCUT2D eigenvalue weighted by molar-refractivity contribution is 7.98. The first-order chi connectivity index (χ1) is 14.5. The zero-order chi connectivity index (χ0) is 23.2. The van der Waals surface area contributed by atoms with Crippen LogP contribution in [-0.4, -0.2) is 57.3 Å². The zero-order valence-electron chi connectivity index (χ0n) is 18.6. The molecule has 1 heterocycles. The van der Waals surface area contributed by atoms with Crippen LogP contribution in [0, 0.1) is 0 Å². The average Bonchev–Trinajstić information content (AvgIpc) is 2.99. The lowest BCUT2D eigenvalue weighted by atomic mass is 10.0. The number of hydrogen-bond donors (Lipinski definition) is 3. The van der Waals surface area contributed by atoms with E-state index in [0.29, 0.717) is 12.2 Å². The van der Waals surface area contributed by atoms with Gasteiger partial charge in [0.2, 0.25) is 5.91 Å². The summed E-state index contributed by atoms with van der Waals surface area (Å²) >= 11 is 1.53. The van der Waals surface area contributed by atoms with Gasteiger partial charge in [0.1, 0.15) is 17.7 Å². The average molecular weight is 450 g/mol. The Morgan fingerprint density at radius 3 is 2.45 bits per heavy atom. The Labute approximate surface area is 186 Å². The molecule has 0 radical (unpaired) electrons. The second kappa shape index (κ2) is 10.6. The van der Waals surface area contributed by atoms with Crippen LogP contribution < -0.4 is 10.6 Å². The molecule has 0 bridgehead atoms. The third kappa shape index (κ3) is 7.20. The van der Waals surface area contributed by atoms with Crippen molar-refractivity contribution in [3.8, 4) is 0 Å². The molecule has 8 nitrogen and oxygen atoms in total. The summed E-state index contributed by atoms with van der Waals surface area (Å²) in [5.74, 6) is -1.07. The number of aryl methyl sites for hydroxylation is 1. The van der Waals surface area contributed by atoms with Crippen molar-refractivity contribution in [1.29, 1.82) is 0 Å². The van der Waals surface area contributed by atoms with Crippen LogP contribution in [0.3, 0.4) is 0 Å². The molecule has 3 N–H and O–H groups in total. The van der Waals surface area contributed by atoms with E-state index in [4.69, 9.17) is 4.74 Å². The molecule has 0 aliphatic carbocycles. The van der Waals surface area contributed by atoms with E-state index in [0.717, 1.165) is 16.5 Å². The molecular formula is C22H31N3O5S. The van der Waals surface area contributed by atoms with Crippen LogP contribution in [0.25, 0.3) is 10.9 Å². The molecule has 0 saturated carbocycles. The second-order valence-electron chi connectivity index (χ2n) is 8.37. The van der Waals surface area contributed by atoms with Gasteiger partial charge in [-0.1, -0.05) is 18.2 Å². The van der Waals surface area contributed by atoms with E-state index in [1.807, 2.05) is 48.3 Å². The Bertz CT molecular complexity index is 935. The van der Waals surface area contributed by atoms with Gasteiger partial charge >= 0.3 is 12.1 Å². The van der Waals surface area contributed by atoms with Crippen LogP contribution in [0.5, 0.6) is 0 Å². The molecule has 2 rings (SSSR count). The number of aromatic nitrogens is 1. The smallest absolute Gasteiger partial charge is 0.408 e. The lowest BCUT2D eigenvalue weighted by Gasteiger charge is -2.24. The molecule has 9 heteroatoms. The molecule has 2 amide bonds. The molecule has 170 valence electrons. The number of carbonyl (C=O) groups is 3. The highest BCUT2D eigenvalue weighted by atomic mass is 32.2. The molecule has 0 aliphatic rings. The van der Waals surface area contributed by atoms with Gasteiger partial charge in [-0.3, -0.25) is 4.79 Å². The maximum atomic E-state index is 12.9. The minimum atomic E-state index is -1.14. The third-order valence-corrected chi connectivity index (χ3v) is 5.28. The van der Waals surface area contributed by atoms with E-state index >= 15 is 0 Å². The Morgan fingerprint density at radius 1 is 1.16 bits per heavy atom. The predicted molar refractivity (Wildman–Crippen MR) is 122 cm³/mol. The highest BCUT2D eigenvalue weighted by Crippen LogP contribution is 2.21. The van der Waals surface area contributed by atoms with Crippen molar-refractivity contribution in [2.75, 3.05) is 12.0 Å². The summed E-state index contributed by atoms with van der Waals surface area (Å²) in [6.07, 6.45) is 3.53. The van der Waals surface area contributed by atoms with E-state index in [9.17, 15) is 19.5 Å². The molecule has 31 heavy (non-hydrogen) atoms. The number of thioether (sulfide) groups is 1. The van der Waals surface area contributed by atoms with E-state index in [1.54, 1.807) is 20.8 Å². The van der Waals surface area contributed by atoms with E-state index in [-0.39, 0.29) is 6.42 Å². The van der Waals surface area contributed by atoms with Crippen molar-refractivity contribution >= 4 is 40.6 Å². The van der Waals surface area contributed by atoms with Gasteiger partial charge in [0.25, 0.3) is 0 Å². The maximum Gasteiger partial charge on any atom is 0.408 e. The quantitative estimate of drug-likeness (QED) is 0.543. The first kappa shape index (κ1) is 24.6. The van der Waals surface area contributed by atoms with Crippen LogP contribution in [0.1, 0.15) is 32.8 Å². The lowest BCUT2D eigenvalue weighted by Crippen LogP contribution is -2.53.